The maximum atomic E-state index is 6.17. The Morgan fingerprint density at radius 2 is 1.95 bits per heavy atom. The van der Waals surface area contributed by atoms with Crippen LogP contribution in [0.15, 0.2) is 55.1 Å². The third-order valence-corrected chi connectivity index (χ3v) is 3.48. The van der Waals surface area contributed by atoms with Crippen molar-refractivity contribution in [2.75, 3.05) is 0 Å². The van der Waals surface area contributed by atoms with Crippen LogP contribution in [-0.4, -0.2) is 4.40 Å². The van der Waals surface area contributed by atoms with Crippen molar-refractivity contribution < 1.29 is 17.0 Å². The molecule has 2 nitrogen and oxygen atoms in total. The molecule has 0 aliphatic carbocycles. The molecule has 0 radical (unpaired) electrons. The first-order valence-electron chi connectivity index (χ1n) is 5.62. The van der Waals surface area contributed by atoms with E-state index in [0.29, 0.717) is 10.0 Å². The van der Waals surface area contributed by atoms with Crippen LogP contribution in [0.4, 0.5) is 0 Å². The summed E-state index contributed by atoms with van der Waals surface area (Å²) in [5, 5.41) is 1.36. The van der Waals surface area contributed by atoms with Crippen molar-refractivity contribution in [3.8, 4) is 0 Å². The average Bonchev–Trinajstić information content (AvgIpc) is 2.80. The van der Waals surface area contributed by atoms with Crippen LogP contribution in [0.1, 0.15) is 5.56 Å². The van der Waals surface area contributed by atoms with Crippen molar-refractivity contribution in [3.63, 3.8) is 0 Å². The first-order valence-corrected chi connectivity index (χ1v) is 6.38. The molecule has 5 heteroatoms. The summed E-state index contributed by atoms with van der Waals surface area (Å²) in [5.74, 6) is 0. The second-order valence-electron chi connectivity index (χ2n) is 4.18. The Balaban J connectivity index is 0.00000133. The lowest BCUT2D eigenvalue weighted by Gasteiger charge is -2.02. The SMILES string of the molecule is Clc1ccc(C[n+]2ccn3cccc3c2)c(Cl)c1.[Cl-]. The van der Waals surface area contributed by atoms with E-state index in [2.05, 4.69) is 21.2 Å². The number of hydrogen-bond acceptors (Lipinski definition) is 0. The number of benzene rings is 1. The molecule has 3 aromatic rings. The molecule has 19 heavy (non-hydrogen) atoms. The molecule has 0 spiro atoms. The first-order chi connectivity index (χ1) is 8.72. The molecule has 0 aliphatic heterocycles. The number of halogens is 3. The van der Waals surface area contributed by atoms with Crippen molar-refractivity contribution in [3.05, 3.63) is 70.7 Å². The number of aromatic nitrogens is 2. The van der Waals surface area contributed by atoms with E-state index in [-0.39, 0.29) is 12.4 Å². The van der Waals surface area contributed by atoms with Gasteiger partial charge in [0.25, 0.3) is 0 Å². The van der Waals surface area contributed by atoms with E-state index in [1.54, 1.807) is 6.07 Å². The lowest BCUT2D eigenvalue weighted by molar-refractivity contribution is -0.687. The second-order valence-corrected chi connectivity index (χ2v) is 5.02. The molecule has 0 unspecified atom stereocenters. The number of hydrogen-bond donors (Lipinski definition) is 0. The summed E-state index contributed by atoms with van der Waals surface area (Å²) >= 11 is 12.1. The fourth-order valence-corrected chi connectivity index (χ4v) is 2.44. The Morgan fingerprint density at radius 3 is 2.74 bits per heavy atom. The van der Waals surface area contributed by atoms with Gasteiger partial charge in [-0.2, -0.15) is 4.57 Å². The van der Waals surface area contributed by atoms with E-state index < -0.39 is 0 Å². The van der Waals surface area contributed by atoms with Gasteiger partial charge in [0, 0.05) is 16.8 Å². The van der Waals surface area contributed by atoms with Gasteiger partial charge in [0.2, 0.25) is 0 Å². The van der Waals surface area contributed by atoms with Gasteiger partial charge < -0.3 is 16.8 Å². The van der Waals surface area contributed by atoms with E-state index in [9.17, 15) is 0 Å². The third kappa shape index (κ3) is 3.03. The van der Waals surface area contributed by atoms with E-state index in [1.165, 1.54) is 0 Å². The van der Waals surface area contributed by atoms with Crippen LogP contribution in [0.25, 0.3) is 5.52 Å². The molecule has 0 aliphatic rings. The molecular formula is C14H11Cl3N2. The van der Waals surface area contributed by atoms with Crippen LogP contribution in [-0.2, 0) is 6.54 Å². The molecule has 0 N–H and O–H groups in total. The topological polar surface area (TPSA) is 8.29 Å². The minimum atomic E-state index is 0. The summed E-state index contributed by atoms with van der Waals surface area (Å²) in [5.41, 5.74) is 2.21. The highest BCUT2D eigenvalue weighted by molar-refractivity contribution is 6.35. The average molecular weight is 314 g/mol. The van der Waals surface area contributed by atoms with Crippen LogP contribution >= 0.6 is 23.2 Å². The molecule has 0 saturated heterocycles. The van der Waals surface area contributed by atoms with Crippen molar-refractivity contribution in [2.24, 2.45) is 0 Å². The summed E-state index contributed by atoms with van der Waals surface area (Å²) in [6, 6.07) is 9.68. The fourth-order valence-electron chi connectivity index (χ4n) is 1.97. The molecule has 0 amide bonds. The first kappa shape index (κ1) is 14.2. The van der Waals surface area contributed by atoms with E-state index in [1.807, 2.05) is 36.8 Å². The Kier molecular flexibility index (Phi) is 4.35. The minimum absolute atomic E-state index is 0. The predicted octanol–water partition coefficient (Wildman–Crippen LogP) is 0.586. The zero-order valence-electron chi connectivity index (χ0n) is 9.93. The summed E-state index contributed by atoms with van der Waals surface area (Å²) in [7, 11) is 0. The van der Waals surface area contributed by atoms with Gasteiger partial charge in [-0.3, -0.25) is 0 Å². The smallest absolute Gasteiger partial charge is 0.193 e. The zero-order valence-corrected chi connectivity index (χ0v) is 12.2. The third-order valence-electron chi connectivity index (χ3n) is 2.90. The monoisotopic (exact) mass is 312 g/mol. The van der Waals surface area contributed by atoms with Gasteiger partial charge in [0.05, 0.1) is 11.2 Å². The number of nitrogens with zero attached hydrogens (tertiary/aromatic N) is 2. The van der Waals surface area contributed by atoms with Gasteiger partial charge in [0.15, 0.2) is 18.9 Å². The second kappa shape index (κ2) is 5.83. The largest absolute Gasteiger partial charge is 1.00 e. The highest BCUT2D eigenvalue weighted by Gasteiger charge is 2.08. The predicted molar refractivity (Wildman–Crippen MR) is 73.2 cm³/mol. The van der Waals surface area contributed by atoms with Crippen molar-refractivity contribution in [1.82, 2.24) is 4.40 Å². The van der Waals surface area contributed by atoms with Crippen molar-refractivity contribution in [2.45, 2.75) is 6.54 Å². The van der Waals surface area contributed by atoms with E-state index in [4.69, 9.17) is 23.2 Å². The quantitative estimate of drug-likeness (QED) is 0.612. The molecular weight excluding hydrogens is 303 g/mol. The maximum absolute atomic E-state index is 6.17. The Labute approximate surface area is 127 Å². The van der Waals surface area contributed by atoms with Crippen LogP contribution in [0.5, 0.6) is 0 Å². The molecule has 2 aromatic heterocycles. The summed E-state index contributed by atoms with van der Waals surface area (Å²) < 4.78 is 4.17. The summed E-state index contributed by atoms with van der Waals surface area (Å²) in [4.78, 5) is 0. The zero-order chi connectivity index (χ0) is 12.5. The molecule has 0 atom stereocenters. The van der Waals surface area contributed by atoms with Crippen molar-refractivity contribution in [1.29, 1.82) is 0 Å². The van der Waals surface area contributed by atoms with Gasteiger partial charge in [0.1, 0.15) is 5.52 Å². The fraction of sp³-hybridized carbons (Fsp3) is 0.0714. The van der Waals surface area contributed by atoms with Crippen LogP contribution in [0.3, 0.4) is 0 Å². The molecule has 2 heterocycles. The highest BCUT2D eigenvalue weighted by atomic mass is 35.5. The van der Waals surface area contributed by atoms with E-state index >= 15 is 0 Å². The number of fused-ring (bicyclic) bond motifs is 1. The van der Waals surface area contributed by atoms with Crippen molar-refractivity contribution >= 4 is 28.7 Å². The standard InChI is InChI=1S/C14H11Cl2N2.ClH/c15-12-4-3-11(14(16)8-12)9-17-6-7-18-5-1-2-13(18)10-17;/h1-8,10H,9H2;1H/q+1;/p-1. The van der Waals surface area contributed by atoms with Gasteiger partial charge in [-0.1, -0.05) is 23.2 Å². The Hall–Kier alpha value is -1.22. The van der Waals surface area contributed by atoms with Gasteiger partial charge in [-0.05, 0) is 30.3 Å². The molecule has 1 aromatic carbocycles. The van der Waals surface area contributed by atoms with E-state index in [0.717, 1.165) is 17.6 Å². The van der Waals surface area contributed by atoms with Gasteiger partial charge in [-0.15, -0.1) is 0 Å². The molecule has 0 fully saturated rings. The normalized spacial score (nSPS) is 10.4. The number of rotatable bonds is 2. The lowest BCUT2D eigenvalue weighted by Crippen LogP contribution is -3.00. The van der Waals surface area contributed by atoms with Gasteiger partial charge in [-0.25, -0.2) is 0 Å². The van der Waals surface area contributed by atoms with Gasteiger partial charge >= 0.3 is 0 Å². The molecule has 3 rings (SSSR count). The van der Waals surface area contributed by atoms with Crippen LogP contribution < -0.4 is 17.0 Å². The maximum Gasteiger partial charge on any atom is 0.193 e. The minimum Gasteiger partial charge on any atom is -1.00 e. The van der Waals surface area contributed by atoms with Crippen LogP contribution in [0, 0.1) is 0 Å². The Bertz CT molecular complexity index is 707. The lowest BCUT2D eigenvalue weighted by atomic mass is 10.2. The Morgan fingerprint density at radius 1 is 1.11 bits per heavy atom. The molecule has 0 saturated carbocycles. The molecule has 98 valence electrons. The molecule has 0 bridgehead atoms. The van der Waals surface area contributed by atoms with Crippen LogP contribution in [0.2, 0.25) is 10.0 Å². The summed E-state index contributed by atoms with van der Waals surface area (Å²) in [6.07, 6.45) is 8.16. The summed E-state index contributed by atoms with van der Waals surface area (Å²) in [6.45, 7) is 0.734. The highest BCUT2D eigenvalue weighted by Crippen LogP contribution is 2.20.